The SMILES string of the molecule is CCCC(C)(NCC1CCC(C)(C)O1)C(=O)O. The van der Waals surface area contributed by atoms with Gasteiger partial charge >= 0.3 is 5.97 Å². The van der Waals surface area contributed by atoms with E-state index in [1.165, 1.54) is 0 Å². The van der Waals surface area contributed by atoms with Crippen LogP contribution in [0.15, 0.2) is 0 Å². The van der Waals surface area contributed by atoms with Crippen LogP contribution in [0.3, 0.4) is 0 Å². The second-order valence-electron chi connectivity index (χ2n) is 5.81. The zero-order chi connectivity index (χ0) is 13.1. The van der Waals surface area contributed by atoms with E-state index in [1.807, 2.05) is 6.92 Å². The molecule has 1 saturated heterocycles. The van der Waals surface area contributed by atoms with Gasteiger partial charge in [-0.25, -0.2) is 0 Å². The summed E-state index contributed by atoms with van der Waals surface area (Å²) in [6, 6.07) is 0. The van der Waals surface area contributed by atoms with Crippen LogP contribution in [0.25, 0.3) is 0 Å². The van der Waals surface area contributed by atoms with E-state index in [-0.39, 0.29) is 11.7 Å². The maximum atomic E-state index is 11.2. The number of hydrogen-bond donors (Lipinski definition) is 2. The summed E-state index contributed by atoms with van der Waals surface area (Å²) in [5.41, 5.74) is -0.887. The molecule has 4 heteroatoms. The van der Waals surface area contributed by atoms with E-state index in [4.69, 9.17) is 4.74 Å². The maximum Gasteiger partial charge on any atom is 0.323 e. The van der Waals surface area contributed by atoms with Crippen molar-refractivity contribution in [2.24, 2.45) is 0 Å². The third kappa shape index (κ3) is 3.96. The lowest BCUT2D eigenvalue weighted by Gasteiger charge is -2.28. The first-order valence-electron chi connectivity index (χ1n) is 6.45. The number of hydrogen-bond acceptors (Lipinski definition) is 3. The zero-order valence-corrected chi connectivity index (χ0v) is 11.4. The van der Waals surface area contributed by atoms with E-state index >= 15 is 0 Å². The Labute approximate surface area is 104 Å². The summed E-state index contributed by atoms with van der Waals surface area (Å²) in [5, 5.41) is 12.4. The van der Waals surface area contributed by atoms with Crippen molar-refractivity contribution in [2.75, 3.05) is 6.54 Å². The van der Waals surface area contributed by atoms with Crippen molar-refractivity contribution in [1.29, 1.82) is 0 Å². The quantitative estimate of drug-likeness (QED) is 0.750. The first kappa shape index (κ1) is 14.5. The first-order valence-corrected chi connectivity index (χ1v) is 6.45. The van der Waals surface area contributed by atoms with Gasteiger partial charge in [-0.15, -0.1) is 0 Å². The third-order valence-electron chi connectivity index (χ3n) is 3.50. The highest BCUT2D eigenvalue weighted by Crippen LogP contribution is 2.29. The summed E-state index contributed by atoms with van der Waals surface area (Å²) >= 11 is 0. The zero-order valence-electron chi connectivity index (χ0n) is 11.4. The average molecular weight is 243 g/mol. The van der Waals surface area contributed by atoms with Crippen molar-refractivity contribution in [3.63, 3.8) is 0 Å². The summed E-state index contributed by atoms with van der Waals surface area (Å²) in [5.74, 6) is -0.781. The molecule has 100 valence electrons. The Balaban J connectivity index is 2.46. The van der Waals surface area contributed by atoms with Gasteiger partial charge in [-0.1, -0.05) is 13.3 Å². The van der Waals surface area contributed by atoms with Crippen LogP contribution < -0.4 is 5.32 Å². The van der Waals surface area contributed by atoms with Gasteiger partial charge in [-0.3, -0.25) is 10.1 Å². The number of aliphatic carboxylic acids is 1. The number of carboxylic acids is 1. The summed E-state index contributed by atoms with van der Waals surface area (Å²) in [6.07, 6.45) is 3.67. The fourth-order valence-corrected chi connectivity index (χ4v) is 2.33. The smallest absolute Gasteiger partial charge is 0.323 e. The molecule has 0 radical (unpaired) electrons. The molecular weight excluding hydrogens is 218 g/mol. The van der Waals surface area contributed by atoms with Crippen molar-refractivity contribution in [2.45, 2.75) is 70.6 Å². The molecule has 1 aliphatic heterocycles. The Kier molecular flexibility index (Phi) is 4.55. The van der Waals surface area contributed by atoms with Crippen LogP contribution in [0.2, 0.25) is 0 Å². The van der Waals surface area contributed by atoms with E-state index in [2.05, 4.69) is 19.2 Å². The summed E-state index contributed by atoms with van der Waals surface area (Å²) in [6.45, 7) is 8.52. The lowest BCUT2D eigenvalue weighted by atomic mass is 9.96. The van der Waals surface area contributed by atoms with Crippen molar-refractivity contribution in [3.05, 3.63) is 0 Å². The predicted molar refractivity (Wildman–Crippen MR) is 67.1 cm³/mol. The fraction of sp³-hybridized carbons (Fsp3) is 0.923. The number of rotatable bonds is 6. The third-order valence-corrected chi connectivity index (χ3v) is 3.50. The molecule has 1 aliphatic rings. The van der Waals surface area contributed by atoms with Gasteiger partial charge in [0.1, 0.15) is 5.54 Å². The highest BCUT2D eigenvalue weighted by molar-refractivity contribution is 5.78. The molecule has 0 saturated carbocycles. The first-order chi connectivity index (χ1) is 7.79. The van der Waals surface area contributed by atoms with Gasteiger partial charge in [-0.05, 0) is 40.0 Å². The summed E-state index contributed by atoms with van der Waals surface area (Å²) in [4.78, 5) is 11.2. The molecule has 1 fully saturated rings. The van der Waals surface area contributed by atoms with E-state index in [1.54, 1.807) is 6.92 Å². The predicted octanol–water partition coefficient (Wildman–Crippen LogP) is 2.18. The number of carboxylic acid groups (broad SMARTS) is 1. The summed E-state index contributed by atoms with van der Waals surface area (Å²) < 4.78 is 5.85. The highest BCUT2D eigenvalue weighted by Gasteiger charge is 2.36. The lowest BCUT2D eigenvalue weighted by molar-refractivity contribution is -0.144. The van der Waals surface area contributed by atoms with Crippen LogP contribution in [-0.2, 0) is 9.53 Å². The topological polar surface area (TPSA) is 58.6 Å². The minimum atomic E-state index is -0.829. The molecule has 0 spiro atoms. The fourth-order valence-electron chi connectivity index (χ4n) is 2.33. The standard InChI is InChI=1S/C13H25NO3/c1-5-7-13(4,11(15)16)14-9-10-6-8-12(2,3)17-10/h10,14H,5-9H2,1-4H3,(H,15,16). The van der Waals surface area contributed by atoms with Crippen molar-refractivity contribution >= 4 is 5.97 Å². The Bertz CT molecular complexity index is 278. The van der Waals surface area contributed by atoms with Crippen LogP contribution in [0.5, 0.6) is 0 Å². The van der Waals surface area contributed by atoms with Gasteiger partial charge in [0, 0.05) is 6.54 Å². The normalized spacial score (nSPS) is 26.7. The molecule has 0 aliphatic carbocycles. The molecule has 1 rings (SSSR count). The van der Waals surface area contributed by atoms with Crippen molar-refractivity contribution in [1.82, 2.24) is 5.32 Å². The largest absolute Gasteiger partial charge is 0.480 e. The molecule has 4 nitrogen and oxygen atoms in total. The van der Waals surface area contributed by atoms with Crippen LogP contribution >= 0.6 is 0 Å². The van der Waals surface area contributed by atoms with E-state index in [0.29, 0.717) is 13.0 Å². The monoisotopic (exact) mass is 243 g/mol. The second-order valence-corrected chi connectivity index (χ2v) is 5.81. The molecule has 0 aromatic carbocycles. The Morgan fingerprint density at radius 2 is 2.24 bits per heavy atom. The van der Waals surface area contributed by atoms with Crippen molar-refractivity contribution in [3.8, 4) is 0 Å². The van der Waals surface area contributed by atoms with Crippen LogP contribution in [0.1, 0.15) is 53.4 Å². The number of carbonyl (C=O) groups is 1. The lowest BCUT2D eigenvalue weighted by Crippen LogP contribution is -2.51. The van der Waals surface area contributed by atoms with Gasteiger partial charge < -0.3 is 9.84 Å². The number of ether oxygens (including phenoxy) is 1. The van der Waals surface area contributed by atoms with Gasteiger partial charge in [0.2, 0.25) is 0 Å². The molecule has 2 atom stereocenters. The average Bonchev–Trinajstić information content (AvgIpc) is 2.56. The van der Waals surface area contributed by atoms with Crippen molar-refractivity contribution < 1.29 is 14.6 Å². The minimum absolute atomic E-state index is 0.0588. The highest BCUT2D eigenvalue weighted by atomic mass is 16.5. The Morgan fingerprint density at radius 1 is 1.59 bits per heavy atom. The molecule has 0 amide bonds. The minimum Gasteiger partial charge on any atom is -0.480 e. The second kappa shape index (κ2) is 5.36. The molecule has 0 aromatic rings. The van der Waals surface area contributed by atoms with Crippen LogP contribution in [0, 0.1) is 0 Å². The molecule has 2 N–H and O–H groups in total. The molecule has 1 heterocycles. The Hall–Kier alpha value is -0.610. The van der Waals surface area contributed by atoms with Crippen LogP contribution in [-0.4, -0.2) is 34.9 Å². The van der Waals surface area contributed by atoms with E-state index in [9.17, 15) is 9.90 Å². The van der Waals surface area contributed by atoms with Gasteiger partial charge in [0.25, 0.3) is 0 Å². The van der Waals surface area contributed by atoms with Gasteiger partial charge in [-0.2, -0.15) is 0 Å². The molecule has 17 heavy (non-hydrogen) atoms. The van der Waals surface area contributed by atoms with Gasteiger partial charge in [0.05, 0.1) is 11.7 Å². The molecule has 0 aromatic heterocycles. The van der Waals surface area contributed by atoms with E-state index < -0.39 is 11.5 Å². The maximum absolute atomic E-state index is 11.2. The molecular formula is C13H25NO3. The Morgan fingerprint density at radius 3 is 2.65 bits per heavy atom. The van der Waals surface area contributed by atoms with E-state index in [0.717, 1.165) is 19.3 Å². The van der Waals surface area contributed by atoms with Gasteiger partial charge in [0.15, 0.2) is 0 Å². The molecule has 2 unspecified atom stereocenters. The number of nitrogens with one attached hydrogen (secondary N) is 1. The van der Waals surface area contributed by atoms with Crippen LogP contribution in [0.4, 0.5) is 0 Å². The summed E-state index contributed by atoms with van der Waals surface area (Å²) in [7, 11) is 0. The molecule has 0 bridgehead atoms.